The number of ketones is 1. The van der Waals surface area contributed by atoms with E-state index in [4.69, 9.17) is 16.3 Å². The standard InChI is InChI=1S/C17H27ClO3S2/c1-16(2,3)13(19)10-12(21-17(4,5)6)11-14(18)23(20)15-8-7-9-22-15/h7-9,12,14H,10-11H2,1-6H3. The molecule has 23 heavy (non-hydrogen) atoms. The van der Waals surface area contributed by atoms with Gasteiger partial charge in [-0.25, -0.2) is 0 Å². The van der Waals surface area contributed by atoms with E-state index in [0.29, 0.717) is 6.42 Å². The van der Waals surface area contributed by atoms with Crippen LogP contribution in [0.3, 0.4) is 0 Å². The van der Waals surface area contributed by atoms with Gasteiger partial charge in [0.15, 0.2) is 0 Å². The van der Waals surface area contributed by atoms with Gasteiger partial charge in [-0.1, -0.05) is 26.8 Å². The van der Waals surface area contributed by atoms with Crippen molar-refractivity contribution < 1.29 is 13.7 Å². The molecule has 1 rings (SSSR count). The van der Waals surface area contributed by atoms with Crippen LogP contribution in [0.15, 0.2) is 21.7 Å². The number of carbonyl (C=O) groups excluding carboxylic acids is 1. The molecule has 0 saturated heterocycles. The number of halogens is 1. The zero-order chi connectivity index (χ0) is 17.8. The number of Topliss-reactive ketones (excluding diaryl/α,β-unsaturated/α-hetero) is 1. The van der Waals surface area contributed by atoms with E-state index in [-0.39, 0.29) is 23.9 Å². The van der Waals surface area contributed by atoms with E-state index in [1.165, 1.54) is 11.3 Å². The van der Waals surface area contributed by atoms with Gasteiger partial charge >= 0.3 is 0 Å². The Morgan fingerprint density at radius 1 is 1.30 bits per heavy atom. The second kappa shape index (κ2) is 8.24. The predicted octanol–water partition coefficient (Wildman–Crippen LogP) is 5.00. The van der Waals surface area contributed by atoms with E-state index >= 15 is 0 Å². The highest BCUT2D eigenvalue weighted by Gasteiger charge is 2.30. The van der Waals surface area contributed by atoms with Gasteiger partial charge in [0.2, 0.25) is 0 Å². The minimum Gasteiger partial charge on any atom is -0.372 e. The first-order valence-corrected chi connectivity index (χ1v) is 10.2. The Morgan fingerprint density at radius 3 is 2.35 bits per heavy atom. The van der Waals surface area contributed by atoms with Crippen LogP contribution >= 0.6 is 22.9 Å². The van der Waals surface area contributed by atoms with Crippen molar-refractivity contribution in [2.45, 2.75) is 75.0 Å². The molecule has 132 valence electrons. The number of hydrogen-bond donors (Lipinski definition) is 0. The lowest BCUT2D eigenvalue weighted by molar-refractivity contribution is -0.133. The molecule has 0 aliphatic carbocycles. The summed E-state index contributed by atoms with van der Waals surface area (Å²) < 4.78 is 18.6. The molecule has 0 amide bonds. The summed E-state index contributed by atoms with van der Waals surface area (Å²) in [5.74, 6) is 0.123. The third kappa shape index (κ3) is 7.46. The molecule has 0 bridgehead atoms. The molecule has 3 atom stereocenters. The monoisotopic (exact) mass is 378 g/mol. The molecule has 0 N–H and O–H groups in total. The lowest BCUT2D eigenvalue weighted by Gasteiger charge is -2.30. The van der Waals surface area contributed by atoms with Crippen molar-refractivity contribution in [3.8, 4) is 0 Å². The molecule has 3 unspecified atom stereocenters. The Labute approximate surface area is 151 Å². The summed E-state index contributed by atoms with van der Waals surface area (Å²) in [6.45, 7) is 11.5. The summed E-state index contributed by atoms with van der Waals surface area (Å²) in [6.07, 6.45) is 0.324. The molecule has 0 aliphatic heterocycles. The first kappa shape index (κ1) is 20.8. The number of carbonyl (C=O) groups is 1. The normalized spacial score (nSPS) is 16.8. The fraction of sp³-hybridized carbons (Fsp3) is 0.706. The summed E-state index contributed by atoms with van der Waals surface area (Å²) in [4.78, 5) is 12.3. The van der Waals surface area contributed by atoms with E-state index in [1.54, 1.807) is 0 Å². The Balaban J connectivity index is 2.80. The van der Waals surface area contributed by atoms with Crippen molar-refractivity contribution in [1.82, 2.24) is 0 Å². The number of thiophene rings is 1. The third-order valence-corrected chi connectivity index (χ3v) is 6.44. The number of alkyl halides is 1. The van der Waals surface area contributed by atoms with Crippen LogP contribution in [0.25, 0.3) is 0 Å². The molecular formula is C17H27ClO3S2. The van der Waals surface area contributed by atoms with Crippen LogP contribution in [-0.4, -0.2) is 26.4 Å². The number of rotatable bonds is 7. The van der Waals surface area contributed by atoms with Gasteiger partial charge in [-0.05, 0) is 32.2 Å². The Hall–Kier alpha value is -0.230. The lowest BCUT2D eigenvalue weighted by atomic mass is 9.87. The minimum absolute atomic E-state index is 0.123. The van der Waals surface area contributed by atoms with Crippen molar-refractivity contribution >= 4 is 39.5 Å². The molecule has 1 heterocycles. The molecule has 1 aromatic rings. The third-order valence-electron chi connectivity index (χ3n) is 3.14. The van der Waals surface area contributed by atoms with Crippen LogP contribution in [-0.2, 0) is 20.3 Å². The SMILES string of the molecule is CC(C)(C)OC(CC(=O)C(C)(C)C)CC(Cl)S(=O)c1cccs1. The summed E-state index contributed by atoms with van der Waals surface area (Å²) in [6, 6.07) is 3.67. The van der Waals surface area contributed by atoms with Crippen molar-refractivity contribution in [2.24, 2.45) is 5.41 Å². The van der Waals surface area contributed by atoms with Crippen molar-refractivity contribution in [3.63, 3.8) is 0 Å². The molecule has 0 fully saturated rings. The van der Waals surface area contributed by atoms with Gasteiger partial charge in [0, 0.05) is 18.3 Å². The molecular weight excluding hydrogens is 352 g/mol. The molecule has 0 spiro atoms. The van der Waals surface area contributed by atoms with Crippen molar-refractivity contribution in [3.05, 3.63) is 17.5 Å². The molecule has 0 radical (unpaired) electrons. The van der Waals surface area contributed by atoms with Crippen LogP contribution in [0.2, 0.25) is 0 Å². The average Bonchev–Trinajstić information content (AvgIpc) is 2.88. The quantitative estimate of drug-likeness (QED) is 0.627. The second-order valence-corrected chi connectivity index (χ2v) is 11.2. The fourth-order valence-electron chi connectivity index (χ4n) is 1.98. The molecule has 0 saturated carbocycles. The molecule has 3 nitrogen and oxygen atoms in total. The molecule has 0 aromatic carbocycles. The lowest BCUT2D eigenvalue weighted by Crippen LogP contribution is -2.34. The van der Waals surface area contributed by atoms with Gasteiger partial charge in [0.1, 0.15) is 10.5 Å². The van der Waals surface area contributed by atoms with Gasteiger partial charge in [-0.2, -0.15) is 0 Å². The number of ether oxygens (including phenoxy) is 1. The largest absolute Gasteiger partial charge is 0.372 e. The van der Waals surface area contributed by atoms with Gasteiger partial charge < -0.3 is 4.74 Å². The smallest absolute Gasteiger partial charge is 0.140 e. The first-order valence-electron chi connectivity index (χ1n) is 7.69. The maximum Gasteiger partial charge on any atom is 0.140 e. The van der Waals surface area contributed by atoms with E-state index in [1.807, 2.05) is 59.1 Å². The zero-order valence-electron chi connectivity index (χ0n) is 14.7. The zero-order valence-corrected chi connectivity index (χ0v) is 17.1. The van der Waals surface area contributed by atoms with E-state index in [2.05, 4.69) is 0 Å². The Morgan fingerprint density at radius 2 is 1.91 bits per heavy atom. The van der Waals surface area contributed by atoms with E-state index < -0.39 is 20.9 Å². The topological polar surface area (TPSA) is 43.4 Å². The average molecular weight is 379 g/mol. The highest BCUT2D eigenvalue weighted by molar-refractivity contribution is 7.89. The van der Waals surface area contributed by atoms with Crippen LogP contribution in [0, 0.1) is 5.41 Å². The van der Waals surface area contributed by atoms with Gasteiger partial charge in [-0.15, -0.1) is 22.9 Å². The Kier molecular flexibility index (Phi) is 7.45. The molecule has 0 aliphatic rings. The van der Waals surface area contributed by atoms with Crippen LogP contribution < -0.4 is 0 Å². The highest BCUT2D eigenvalue weighted by Crippen LogP contribution is 2.28. The second-order valence-electron chi connectivity index (χ2n) is 7.60. The van der Waals surface area contributed by atoms with Crippen molar-refractivity contribution in [1.29, 1.82) is 0 Å². The van der Waals surface area contributed by atoms with Crippen molar-refractivity contribution in [2.75, 3.05) is 0 Å². The van der Waals surface area contributed by atoms with Crippen LogP contribution in [0.5, 0.6) is 0 Å². The maximum atomic E-state index is 12.4. The van der Waals surface area contributed by atoms with Gasteiger partial charge in [-0.3, -0.25) is 9.00 Å². The van der Waals surface area contributed by atoms with Crippen LogP contribution in [0.1, 0.15) is 54.4 Å². The Bertz CT molecular complexity index is 527. The fourth-order valence-corrected chi connectivity index (χ4v) is 4.83. The van der Waals surface area contributed by atoms with Gasteiger partial charge in [0.25, 0.3) is 0 Å². The van der Waals surface area contributed by atoms with Crippen LogP contribution in [0.4, 0.5) is 0 Å². The summed E-state index contributed by atoms with van der Waals surface area (Å²) in [5.41, 5.74) is -0.807. The summed E-state index contributed by atoms with van der Waals surface area (Å²) >= 11 is 7.78. The van der Waals surface area contributed by atoms with E-state index in [9.17, 15) is 9.00 Å². The van der Waals surface area contributed by atoms with E-state index in [0.717, 1.165) is 4.21 Å². The van der Waals surface area contributed by atoms with Gasteiger partial charge in [0.05, 0.1) is 26.7 Å². The summed E-state index contributed by atoms with van der Waals surface area (Å²) in [7, 11) is -1.29. The highest BCUT2D eigenvalue weighted by atomic mass is 35.5. The predicted molar refractivity (Wildman–Crippen MR) is 98.7 cm³/mol. The molecule has 1 aromatic heterocycles. The maximum absolute atomic E-state index is 12.4. The number of hydrogen-bond acceptors (Lipinski definition) is 4. The molecule has 6 heteroatoms. The summed E-state index contributed by atoms with van der Waals surface area (Å²) in [5, 5.41) is 1.88. The first-order chi connectivity index (χ1) is 10.4. The minimum atomic E-state index is -1.29.